The fraction of sp³-hybridized carbons (Fsp3) is 0.429. The van der Waals surface area contributed by atoms with Crippen LogP contribution in [-0.2, 0) is 9.53 Å². The van der Waals surface area contributed by atoms with E-state index in [1.807, 2.05) is 13.0 Å². The number of nitrogens with zero attached hydrogens (tertiary/aromatic N) is 1. The van der Waals surface area contributed by atoms with Crippen molar-refractivity contribution >= 4 is 5.91 Å². The Balaban J connectivity index is 2.48. The molecule has 19 heavy (non-hydrogen) atoms. The minimum absolute atomic E-state index is 0.0210. The molecular weight excluding hydrogens is 244 g/mol. The topological polar surface area (TPSA) is 71.3 Å². The molecule has 5 nitrogen and oxygen atoms in total. The number of nitrogens with one attached hydrogen (secondary N) is 1. The van der Waals surface area contributed by atoms with Crippen molar-refractivity contribution in [2.75, 3.05) is 20.3 Å². The van der Waals surface area contributed by atoms with Gasteiger partial charge in [-0.1, -0.05) is 19.1 Å². The molecule has 0 saturated heterocycles. The highest BCUT2D eigenvalue weighted by molar-refractivity contribution is 5.77. The van der Waals surface area contributed by atoms with E-state index >= 15 is 0 Å². The second kappa shape index (κ2) is 8.11. The fourth-order valence-corrected chi connectivity index (χ4v) is 1.56. The third-order valence-corrected chi connectivity index (χ3v) is 2.59. The predicted octanol–water partition coefficient (Wildman–Crippen LogP) is 1.48. The van der Waals surface area contributed by atoms with Gasteiger partial charge >= 0.3 is 0 Å². The maximum absolute atomic E-state index is 11.7. The van der Waals surface area contributed by atoms with Gasteiger partial charge in [0.2, 0.25) is 0 Å². The van der Waals surface area contributed by atoms with Gasteiger partial charge in [-0.3, -0.25) is 4.79 Å². The van der Waals surface area contributed by atoms with Crippen LogP contribution < -0.4 is 10.1 Å². The molecule has 1 unspecified atom stereocenters. The Morgan fingerprint density at radius 3 is 2.84 bits per heavy atom. The van der Waals surface area contributed by atoms with Crippen LogP contribution in [0.3, 0.4) is 0 Å². The number of hydrogen-bond acceptors (Lipinski definition) is 4. The van der Waals surface area contributed by atoms with Crippen molar-refractivity contribution in [2.24, 2.45) is 0 Å². The van der Waals surface area contributed by atoms with Gasteiger partial charge in [-0.25, -0.2) is 0 Å². The molecule has 1 aromatic rings. The van der Waals surface area contributed by atoms with Crippen molar-refractivity contribution in [2.45, 2.75) is 19.4 Å². The van der Waals surface area contributed by atoms with Crippen LogP contribution in [0.2, 0.25) is 0 Å². The maximum Gasteiger partial charge on any atom is 0.258 e. The molecule has 102 valence electrons. The van der Waals surface area contributed by atoms with Gasteiger partial charge in [0.15, 0.2) is 6.61 Å². The number of rotatable bonds is 7. The summed E-state index contributed by atoms with van der Waals surface area (Å²) in [6.45, 7) is 2.33. The number of nitriles is 1. The molecule has 0 bridgehead atoms. The van der Waals surface area contributed by atoms with Gasteiger partial charge in [0.05, 0.1) is 18.2 Å². The summed E-state index contributed by atoms with van der Waals surface area (Å²) < 4.78 is 10.3. The summed E-state index contributed by atoms with van der Waals surface area (Å²) >= 11 is 0. The summed E-state index contributed by atoms with van der Waals surface area (Å²) in [5, 5.41) is 11.7. The minimum Gasteiger partial charge on any atom is -0.482 e. The Hall–Kier alpha value is -2.06. The lowest BCUT2D eigenvalue weighted by Crippen LogP contribution is -2.40. The number of benzene rings is 1. The second-order valence-corrected chi connectivity index (χ2v) is 4.02. The van der Waals surface area contributed by atoms with E-state index in [-0.39, 0.29) is 18.6 Å². The summed E-state index contributed by atoms with van der Waals surface area (Å²) in [6.07, 6.45) is 0.786. The monoisotopic (exact) mass is 262 g/mol. The quantitative estimate of drug-likeness (QED) is 0.808. The highest BCUT2D eigenvalue weighted by atomic mass is 16.5. The number of methoxy groups -OCH3 is 1. The second-order valence-electron chi connectivity index (χ2n) is 4.02. The summed E-state index contributed by atoms with van der Waals surface area (Å²) in [5.74, 6) is 0.191. The number of ether oxygens (including phenoxy) is 2. The van der Waals surface area contributed by atoms with Gasteiger partial charge in [-0.15, -0.1) is 0 Å². The first-order valence-electron chi connectivity index (χ1n) is 6.11. The van der Waals surface area contributed by atoms with Gasteiger partial charge in [-0.05, 0) is 18.6 Å². The smallest absolute Gasteiger partial charge is 0.258 e. The van der Waals surface area contributed by atoms with Crippen LogP contribution in [-0.4, -0.2) is 32.3 Å². The zero-order valence-corrected chi connectivity index (χ0v) is 11.2. The molecule has 1 atom stereocenters. The van der Waals surface area contributed by atoms with Crippen LogP contribution in [0, 0.1) is 11.3 Å². The van der Waals surface area contributed by atoms with Gasteiger partial charge in [0.25, 0.3) is 5.91 Å². The highest BCUT2D eigenvalue weighted by Crippen LogP contribution is 2.16. The number of amides is 1. The Labute approximate surface area is 113 Å². The molecule has 0 aliphatic heterocycles. The summed E-state index contributed by atoms with van der Waals surface area (Å²) in [7, 11) is 1.59. The van der Waals surface area contributed by atoms with Crippen LogP contribution in [0.25, 0.3) is 0 Å². The molecule has 0 aliphatic rings. The van der Waals surface area contributed by atoms with Crippen molar-refractivity contribution in [1.29, 1.82) is 5.26 Å². The number of carbonyl (C=O) groups excluding carboxylic acids is 1. The molecule has 1 N–H and O–H groups in total. The Kier molecular flexibility index (Phi) is 6.41. The van der Waals surface area contributed by atoms with Crippen molar-refractivity contribution < 1.29 is 14.3 Å². The van der Waals surface area contributed by atoms with Crippen LogP contribution in [0.1, 0.15) is 18.9 Å². The average Bonchev–Trinajstić information content (AvgIpc) is 2.44. The molecule has 5 heteroatoms. The molecule has 0 fully saturated rings. The normalized spacial score (nSPS) is 11.4. The van der Waals surface area contributed by atoms with Crippen molar-refractivity contribution in [3.8, 4) is 11.8 Å². The number of carbonyl (C=O) groups is 1. The lowest BCUT2D eigenvalue weighted by molar-refractivity contribution is -0.124. The molecule has 0 spiro atoms. The molecule has 0 aliphatic carbocycles. The van der Waals surface area contributed by atoms with Crippen molar-refractivity contribution in [3.05, 3.63) is 29.8 Å². The summed E-state index contributed by atoms with van der Waals surface area (Å²) in [5.41, 5.74) is 0.416. The first kappa shape index (κ1) is 15.0. The fourth-order valence-electron chi connectivity index (χ4n) is 1.56. The van der Waals surface area contributed by atoms with Gasteiger partial charge in [0.1, 0.15) is 11.8 Å². The van der Waals surface area contributed by atoms with E-state index < -0.39 is 0 Å². The van der Waals surface area contributed by atoms with E-state index in [2.05, 4.69) is 5.32 Å². The largest absolute Gasteiger partial charge is 0.482 e. The van der Waals surface area contributed by atoms with Crippen LogP contribution in [0.5, 0.6) is 5.75 Å². The summed E-state index contributed by atoms with van der Waals surface area (Å²) in [6, 6.07) is 8.81. The van der Waals surface area contributed by atoms with Crippen LogP contribution in [0.4, 0.5) is 0 Å². The zero-order chi connectivity index (χ0) is 14.1. The summed E-state index contributed by atoms with van der Waals surface area (Å²) in [4.78, 5) is 11.7. The van der Waals surface area contributed by atoms with E-state index in [0.29, 0.717) is 17.9 Å². The van der Waals surface area contributed by atoms with E-state index in [9.17, 15) is 4.79 Å². The van der Waals surface area contributed by atoms with E-state index in [0.717, 1.165) is 6.42 Å². The molecule has 1 aromatic carbocycles. The molecule has 1 amide bonds. The molecule has 0 radical (unpaired) electrons. The lowest BCUT2D eigenvalue weighted by Gasteiger charge is -2.16. The van der Waals surface area contributed by atoms with Gasteiger partial charge in [-0.2, -0.15) is 5.26 Å². The van der Waals surface area contributed by atoms with Crippen LogP contribution >= 0.6 is 0 Å². The molecule has 0 saturated carbocycles. The number of para-hydroxylation sites is 1. The third kappa shape index (κ3) is 4.98. The van der Waals surface area contributed by atoms with Gasteiger partial charge < -0.3 is 14.8 Å². The number of hydrogen-bond donors (Lipinski definition) is 1. The lowest BCUT2D eigenvalue weighted by atomic mass is 10.2. The third-order valence-electron chi connectivity index (χ3n) is 2.59. The van der Waals surface area contributed by atoms with E-state index in [1.54, 1.807) is 31.4 Å². The van der Waals surface area contributed by atoms with Crippen LogP contribution in [0.15, 0.2) is 24.3 Å². The Morgan fingerprint density at radius 2 is 2.21 bits per heavy atom. The van der Waals surface area contributed by atoms with Crippen molar-refractivity contribution in [3.63, 3.8) is 0 Å². The SMILES string of the molecule is CCC(COC)NC(=O)COc1ccccc1C#N. The highest BCUT2D eigenvalue weighted by Gasteiger charge is 2.11. The first-order chi connectivity index (χ1) is 9.21. The van der Waals surface area contributed by atoms with Gasteiger partial charge in [0, 0.05) is 7.11 Å². The average molecular weight is 262 g/mol. The molecule has 1 rings (SSSR count). The standard InChI is InChI=1S/C14H18N2O3/c1-3-12(9-18-2)16-14(17)10-19-13-7-5-4-6-11(13)8-15/h4-7,12H,3,9-10H2,1-2H3,(H,16,17). The predicted molar refractivity (Wildman–Crippen MR) is 70.7 cm³/mol. The Morgan fingerprint density at radius 1 is 1.47 bits per heavy atom. The first-order valence-corrected chi connectivity index (χ1v) is 6.11. The van der Waals surface area contributed by atoms with E-state index in [4.69, 9.17) is 14.7 Å². The molecule has 0 heterocycles. The zero-order valence-electron chi connectivity index (χ0n) is 11.2. The molecular formula is C14H18N2O3. The Bertz CT molecular complexity index is 454. The molecule has 0 aromatic heterocycles. The van der Waals surface area contributed by atoms with E-state index in [1.165, 1.54) is 0 Å². The maximum atomic E-state index is 11.7. The van der Waals surface area contributed by atoms with Crippen molar-refractivity contribution in [1.82, 2.24) is 5.32 Å². The minimum atomic E-state index is -0.225.